The Morgan fingerprint density at radius 2 is 1.94 bits per heavy atom. The summed E-state index contributed by atoms with van der Waals surface area (Å²) in [6.45, 7) is 6.09. The summed E-state index contributed by atoms with van der Waals surface area (Å²) in [6, 6.07) is 18.7. The van der Waals surface area contributed by atoms with Crippen LogP contribution in [0.3, 0.4) is 0 Å². The van der Waals surface area contributed by atoms with E-state index in [-0.39, 0.29) is 17.9 Å². The molecular formula is C27H31N3O4. The average molecular weight is 462 g/mol. The summed E-state index contributed by atoms with van der Waals surface area (Å²) in [6.07, 6.45) is 1.89. The van der Waals surface area contributed by atoms with Crippen LogP contribution in [0.5, 0.6) is 5.75 Å². The molecule has 1 aliphatic heterocycles. The highest BCUT2D eigenvalue weighted by molar-refractivity contribution is 5.94. The Kier molecular flexibility index (Phi) is 7.52. The lowest BCUT2D eigenvalue weighted by atomic mass is 9.89. The van der Waals surface area contributed by atoms with Crippen molar-refractivity contribution in [3.63, 3.8) is 0 Å². The number of urea groups is 1. The van der Waals surface area contributed by atoms with Gasteiger partial charge in [-0.15, -0.1) is 0 Å². The summed E-state index contributed by atoms with van der Waals surface area (Å²) in [5.41, 5.74) is 2.41. The van der Waals surface area contributed by atoms with Crippen LogP contribution in [0.4, 0.5) is 10.5 Å². The molecule has 178 valence electrons. The van der Waals surface area contributed by atoms with E-state index in [4.69, 9.17) is 9.15 Å². The first kappa shape index (κ1) is 23.4. The van der Waals surface area contributed by atoms with Gasteiger partial charge in [0, 0.05) is 30.3 Å². The lowest BCUT2D eigenvalue weighted by Crippen LogP contribution is -2.41. The Bertz CT molecular complexity index is 1120. The predicted molar refractivity (Wildman–Crippen MR) is 131 cm³/mol. The van der Waals surface area contributed by atoms with Gasteiger partial charge in [-0.05, 0) is 80.8 Å². The SMILES string of the molecule is CCOc1ccc(NC(=O)N2CCC[C@@H](c3cccc(C(=O)NCc4ccc(C)o4)c3)C2)cc1. The average Bonchev–Trinajstić information content (AvgIpc) is 3.29. The molecule has 1 aromatic heterocycles. The van der Waals surface area contributed by atoms with Crippen molar-refractivity contribution in [2.24, 2.45) is 0 Å². The van der Waals surface area contributed by atoms with Gasteiger partial charge in [0.2, 0.25) is 0 Å². The second-order valence-electron chi connectivity index (χ2n) is 8.49. The fraction of sp³-hybridized carbons (Fsp3) is 0.333. The van der Waals surface area contributed by atoms with E-state index < -0.39 is 0 Å². The van der Waals surface area contributed by atoms with Crippen LogP contribution in [0.15, 0.2) is 65.1 Å². The Morgan fingerprint density at radius 3 is 2.68 bits per heavy atom. The maximum absolute atomic E-state index is 12.9. The monoisotopic (exact) mass is 461 g/mol. The van der Waals surface area contributed by atoms with Crippen LogP contribution in [0, 0.1) is 6.92 Å². The number of nitrogens with one attached hydrogen (secondary N) is 2. The standard InChI is InChI=1S/C27H31N3O4/c1-3-33-24-13-10-23(11-14-24)29-27(32)30-15-5-8-22(18-30)20-6-4-7-21(16-20)26(31)28-17-25-12-9-19(2)34-25/h4,6-7,9-14,16,22H,3,5,8,15,17-18H2,1-2H3,(H,28,31)(H,29,32)/t22-/m1/s1. The number of rotatable bonds is 7. The molecule has 2 heterocycles. The number of hydrogen-bond donors (Lipinski definition) is 2. The number of piperidine rings is 1. The minimum atomic E-state index is -0.142. The van der Waals surface area contributed by atoms with Crippen molar-refractivity contribution in [3.05, 3.63) is 83.3 Å². The molecule has 0 unspecified atom stereocenters. The summed E-state index contributed by atoms with van der Waals surface area (Å²) >= 11 is 0. The molecule has 0 saturated carbocycles. The van der Waals surface area contributed by atoms with Crippen LogP contribution in [-0.2, 0) is 6.54 Å². The lowest BCUT2D eigenvalue weighted by molar-refractivity contribution is 0.0947. The molecule has 7 nitrogen and oxygen atoms in total. The second kappa shape index (κ2) is 10.9. The maximum Gasteiger partial charge on any atom is 0.321 e. The first-order valence-electron chi connectivity index (χ1n) is 11.7. The summed E-state index contributed by atoms with van der Waals surface area (Å²) < 4.78 is 11.0. The van der Waals surface area contributed by atoms with Gasteiger partial charge in [-0.3, -0.25) is 4.79 Å². The van der Waals surface area contributed by atoms with Gasteiger partial charge in [0.1, 0.15) is 17.3 Å². The van der Waals surface area contributed by atoms with Crippen molar-refractivity contribution in [3.8, 4) is 5.75 Å². The minimum Gasteiger partial charge on any atom is -0.494 e. The fourth-order valence-electron chi connectivity index (χ4n) is 4.22. The van der Waals surface area contributed by atoms with Gasteiger partial charge in [-0.1, -0.05) is 12.1 Å². The number of likely N-dealkylation sites (tertiary alicyclic amines) is 1. The number of nitrogens with zero attached hydrogens (tertiary/aromatic N) is 1. The molecule has 1 saturated heterocycles. The van der Waals surface area contributed by atoms with Crippen molar-refractivity contribution in [1.29, 1.82) is 0 Å². The Morgan fingerprint density at radius 1 is 1.12 bits per heavy atom. The number of amides is 3. The highest BCUT2D eigenvalue weighted by Gasteiger charge is 2.25. The zero-order valence-electron chi connectivity index (χ0n) is 19.7. The van der Waals surface area contributed by atoms with E-state index in [0.29, 0.717) is 31.8 Å². The summed E-state index contributed by atoms with van der Waals surface area (Å²) in [4.78, 5) is 27.4. The van der Waals surface area contributed by atoms with Crippen molar-refractivity contribution in [2.75, 3.05) is 25.0 Å². The summed E-state index contributed by atoms with van der Waals surface area (Å²) in [7, 11) is 0. The van der Waals surface area contributed by atoms with E-state index in [1.54, 1.807) is 0 Å². The van der Waals surface area contributed by atoms with Crippen molar-refractivity contribution < 1.29 is 18.7 Å². The molecule has 7 heteroatoms. The largest absolute Gasteiger partial charge is 0.494 e. The molecule has 34 heavy (non-hydrogen) atoms. The molecule has 3 amide bonds. The highest BCUT2D eigenvalue weighted by atomic mass is 16.5. The van der Waals surface area contributed by atoms with E-state index in [1.165, 1.54) is 0 Å². The molecule has 1 aliphatic rings. The molecule has 0 aliphatic carbocycles. The maximum atomic E-state index is 12.9. The third kappa shape index (κ3) is 5.98. The van der Waals surface area contributed by atoms with Crippen LogP contribution in [0.1, 0.15) is 53.1 Å². The van der Waals surface area contributed by atoms with E-state index in [2.05, 4.69) is 10.6 Å². The minimum absolute atomic E-state index is 0.114. The quantitative estimate of drug-likeness (QED) is 0.498. The molecule has 0 spiro atoms. The van der Waals surface area contributed by atoms with Gasteiger partial charge in [-0.2, -0.15) is 0 Å². The first-order valence-corrected chi connectivity index (χ1v) is 11.7. The molecule has 2 aromatic carbocycles. The number of hydrogen-bond acceptors (Lipinski definition) is 4. The van der Waals surface area contributed by atoms with Crippen molar-refractivity contribution >= 4 is 17.6 Å². The zero-order valence-corrected chi connectivity index (χ0v) is 19.7. The van der Waals surface area contributed by atoms with Crippen LogP contribution >= 0.6 is 0 Å². The molecule has 2 N–H and O–H groups in total. The third-order valence-electron chi connectivity index (χ3n) is 5.96. The number of benzene rings is 2. The van der Waals surface area contributed by atoms with Crippen LogP contribution in [-0.4, -0.2) is 36.5 Å². The van der Waals surface area contributed by atoms with E-state index in [9.17, 15) is 9.59 Å². The fourth-order valence-corrected chi connectivity index (χ4v) is 4.22. The van der Waals surface area contributed by atoms with Gasteiger partial charge in [0.05, 0.1) is 13.2 Å². The topological polar surface area (TPSA) is 83.8 Å². The number of ether oxygens (including phenoxy) is 1. The van der Waals surface area contributed by atoms with Gasteiger partial charge in [0.25, 0.3) is 5.91 Å². The molecule has 1 fully saturated rings. The zero-order chi connectivity index (χ0) is 23.9. The highest BCUT2D eigenvalue weighted by Crippen LogP contribution is 2.28. The van der Waals surface area contributed by atoms with Crippen LogP contribution in [0.2, 0.25) is 0 Å². The molecule has 1 atom stereocenters. The molecule has 4 rings (SSSR count). The number of anilines is 1. The summed E-state index contributed by atoms with van der Waals surface area (Å²) in [5.74, 6) is 2.36. The Labute approximate surface area is 200 Å². The van der Waals surface area contributed by atoms with E-state index in [1.807, 2.05) is 79.4 Å². The van der Waals surface area contributed by atoms with Gasteiger partial charge < -0.3 is 24.7 Å². The van der Waals surface area contributed by atoms with Crippen molar-refractivity contribution in [1.82, 2.24) is 10.2 Å². The number of furan rings is 1. The Hall–Kier alpha value is -3.74. The molecule has 0 radical (unpaired) electrons. The molecular weight excluding hydrogens is 430 g/mol. The van der Waals surface area contributed by atoms with Gasteiger partial charge in [-0.25, -0.2) is 4.79 Å². The second-order valence-corrected chi connectivity index (χ2v) is 8.49. The number of aryl methyl sites for hydroxylation is 1. The third-order valence-corrected chi connectivity index (χ3v) is 5.96. The van der Waals surface area contributed by atoms with Gasteiger partial charge >= 0.3 is 6.03 Å². The molecule has 0 bridgehead atoms. The smallest absolute Gasteiger partial charge is 0.321 e. The van der Waals surface area contributed by atoms with E-state index in [0.717, 1.165) is 41.4 Å². The van der Waals surface area contributed by atoms with E-state index >= 15 is 0 Å². The molecule has 3 aromatic rings. The van der Waals surface area contributed by atoms with Crippen LogP contribution < -0.4 is 15.4 Å². The van der Waals surface area contributed by atoms with Crippen LogP contribution in [0.25, 0.3) is 0 Å². The Balaban J connectivity index is 1.35. The van der Waals surface area contributed by atoms with Gasteiger partial charge in [0.15, 0.2) is 0 Å². The number of carbonyl (C=O) groups excluding carboxylic acids is 2. The normalized spacial score (nSPS) is 15.6. The predicted octanol–water partition coefficient (Wildman–Crippen LogP) is 5.33. The number of carbonyl (C=O) groups is 2. The lowest BCUT2D eigenvalue weighted by Gasteiger charge is -2.33. The summed E-state index contributed by atoms with van der Waals surface area (Å²) in [5, 5.41) is 5.88. The first-order chi connectivity index (χ1) is 16.5. The van der Waals surface area contributed by atoms with Crippen molar-refractivity contribution in [2.45, 2.75) is 39.2 Å².